The number of amides is 1. The zero-order chi connectivity index (χ0) is 11.4. The predicted molar refractivity (Wildman–Crippen MR) is 63.6 cm³/mol. The normalized spacial score (nSPS) is 23.8. The van der Waals surface area contributed by atoms with Crippen molar-refractivity contribution < 1.29 is 4.79 Å². The first-order valence-electron chi connectivity index (χ1n) is 5.57. The average Bonchev–Trinajstić information content (AvgIpc) is 2.61. The zero-order valence-electron chi connectivity index (χ0n) is 9.15. The van der Waals surface area contributed by atoms with E-state index in [0.717, 1.165) is 12.8 Å². The second-order valence-electron chi connectivity index (χ2n) is 4.24. The number of benzene rings is 1. The minimum absolute atomic E-state index is 0.0127. The van der Waals surface area contributed by atoms with Crippen LogP contribution in [0.4, 0.5) is 0 Å². The molecule has 1 saturated heterocycles. The van der Waals surface area contributed by atoms with Crippen LogP contribution in [0.2, 0.25) is 0 Å². The van der Waals surface area contributed by atoms with Gasteiger partial charge in [-0.3, -0.25) is 4.79 Å². The molecule has 2 atom stereocenters. The summed E-state index contributed by atoms with van der Waals surface area (Å²) in [5.41, 5.74) is 1.26. The lowest BCUT2D eigenvalue weighted by molar-refractivity contribution is -0.122. The fourth-order valence-electron chi connectivity index (χ4n) is 2.18. The molecule has 2 nitrogen and oxygen atoms in total. The molecule has 0 aliphatic carbocycles. The molecule has 0 spiro atoms. The van der Waals surface area contributed by atoms with E-state index in [9.17, 15) is 4.79 Å². The second kappa shape index (κ2) is 4.85. The molecule has 16 heavy (non-hydrogen) atoms. The van der Waals surface area contributed by atoms with Crippen molar-refractivity contribution in [2.45, 2.75) is 25.3 Å². The number of terminal acetylenes is 1. The van der Waals surface area contributed by atoms with E-state index in [4.69, 9.17) is 6.42 Å². The maximum Gasteiger partial charge on any atom is 0.224 e. The Balaban J connectivity index is 1.94. The van der Waals surface area contributed by atoms with Crippen LogP contribution in [0.15, 0.2) is 30.3 Å². The van der Waals surface area contributed by atoms with Gasteiger partial charge in [0.25, 0.3) is 0 Å². The van der Waals surface area contributed by atoms with Crippen LogP contribution in [0.25, 0.3) is 0 Å². The molecule has 1 aliphatic heterocycles. The molecule has 1 amide bonds. The molecule has 1 fully saturated rings. The van der Waals surface area contributed by atoms with Gasteiger partial charge in [-0.25, -0.2) is 0 Å². The van der Waals surface area contributed by atoms with Gasteiger partial charge in [-0.1, -0.05) is 30.3 Å². The smallest absolute Gasteiger partial charge is 0.224 e. The molecule has 2 heteroatoms. The van der Waals surface area contributed by atoms with Gasteiger partial charge in [0.2, 0.25) is 5.91 Å². The summed E-state index contributed by atoms with van der Waals surface area (Å²) in [5, 5.41) is 3.00. The largest absolute Gasteiger partial charge is 0.353 e. The zero-order valence-corrected chi connectivity index (χ0v) is 9.15. The highest BCUT2D eigenvalue weighted by Gasteiger charge is 2.30. The van der Waals surface area contributed by atoms with Gasteiger partial charge < -0.3 is 5.32 Å². The Hall–Kier alpha value is -1.75. The lowest BCUT2D eigenvalue weighted by Crippen LogP contribution is -2.27. The molecular formula is C14H15NO. The quantitative estimate of drug-likeness (QED) is 0.762. The number of carbonyl (C=O) groups is 1. The molecule has 0 saturated carbocycles. The average molecular weight is 213 g/mol. The maximum absolute atomic E-state index is 11.6. The van der Waals surface area contributed by atoms with E-state index in [1.165, 1.54) is 5.56 Å². The van der Waals surface area contributed by atoms with E-state index in [0.29, 0.717) is 6.42 Å². The summed E-state index contributed by atoms with van der Waals surface area (Å²) in [6, 6.07) is 10.4. The van der Waals surface area contributed by atoms with Gasteiger partial charge in [-0.05, 0) is 18.4 Å². The van der Waals surface area contributed by atoms with Crippen LogP contribution in [0.5, 0.6) is 0 Å². The van der Waals surface area contributed by atoms with Crippen LogP contribution >= 0.6 is 0 Å². The number of carbonyl (C=O) groups excluding carboxylic acids is 1. The fraction of sp³-hybridized carbons (Fsp3) is 0.357. The highest BCUT2D eigenvalue weighted by molar-refractivity contribution is 5.81. The Morgan fingerprint density at radius 1 is 1.38 bits per heavy atom. The van der Waals surface area contributed by atoms with E-state index in [1.54, 1.807) is 0 Å². The molecule has 1 aliphatic rings. The van der Waals surface area contributed by atoms with Crippen LogP contribution < -0.4 is 5.32 Å². The monoisotopic (exact) mass is 213 g/mol. The van der Waals surface area contributed by atoms with E-state index >= 15 is 0 Å². The Morgan fingerprint density at radius 2 is 2.12 bits per heavy atom. The lowest BCUT2D eigenvalue weighted by atomic mass is 9.98. The summed E-state index contributed by atoms with van der Waals surface area (Å²) in [4.78, 5) is 11.6. The minimum atomic E-state index is 0.0127. The molecular weight excluding hydrogens is 198 g/mol. The van der Waals surface area contributed by atoms with Crippen LogP contribution in [0.1, 0.15) is 18.4 Å². The van der Waals surface area contributed by atoms with E-state index in [1.807, 2.05) is 18.2 Å². The minimum Gasteiger partial charge on any atom is -0.353 e. The third-order valence-electron chi connectivity index (χ3n) is 2.98. The van der Waals surface area contributed by atoms with Crippen LogP contribution in [-0.2, 0) is 11.2 Å². The highest BCUT2D eigenvalue weighted by Crippen LogP contribution is 2.21. The Labute approximate surface area is 96.1 Å². The van der Waals surface area contributed by atoms with Crippen molar-refractivity contribution in [2.24, 2.45) is 5.92 Å². The molecule has 0 radical (unpaired) electrons. The van der Waals surface area contributed by atoms with Crippen molar-refractivity contribution in [2.75, 3.05) is 0 Å². The van der Waals surface area contributed by atoms with Crippen molar-refractivity contribution in [3.8, 4) is 12.3 Å². The first kappa shape index (κ1) is 10.8. The Morgan fingerprint density at radius 3 is 2.81 bits per heavy atom. The van der Waals surface area contributed by atoms with Crippen LogP contribution in [0, 0.1) is 18.3 Å². The van der Waals surface area contributed by atoms with E-state index < -0.39 is 0 Å². The van der Waals surface area contributed by atoms with Crippen LogP contribution in [-0.4, -0.2) is 11.9 Å². The molecule has 1 unspecified atom stereocenters. The Kier molecular flexibility index (Phi) is 3.26. The summed E-state index contributed by atoms with van der Waals surface area (Å²) in [6.45, 7) is 0. The van der Waals surface area contributed by atoms with Gasteiger partial charge in [-0.2, -0.15) is 0 Å². The topological polar surface area (TPSA) is 29.1 Å². The third-order valence-corrected chi connectivity index (χ3v) is 2.98. The van der Waals surface area contributed by atoms with Gasteiger partial charge in [-0.15, -0.1) is 12.3 Å². The Bertz CT molecular complexity index is 404. The fourth-order valence-corrected chi connectivity index (χ4v) is 2.18. The number of nitrogens with one attached hydrogen (secondary N) is 1. The molecule has 0 aromatic heterocycles. The summed E-state index contributed by atoms with van der Waals surface area (Å²) in [7, 11) is 0. The summed E-state index contributed by atoms with van der Waals surface area (Å²) in [5.74, 6) is 2.69. The highest BCUT2D eigenvalue weighted by atomic mass is 16.2. The van der Waals surface area contributed by atoms with Crippen molar-refractivity contribution in [3.05, 3.63) is 35.9 Å². The van der Waals surface area contributed by atoms with E-state index in [2.05, 4.69) is 23.4 Å². The molecule has 1 heterocycles. The number of hydrogen-bond acceptors (Lipinski definition) is 1. The summed E-state index contributed by atoms with van der Waals surface area (Å²) in [6.07, 6.45) is 7.55. The van der Waals surface area contributed by atoms with Crippen molar-refractivity contribution in [1.82, 2.24) is 5.32 Å². The first-order valence-corrected chi connectivity index (χ1v) is 5.57. The van der Waals surface area contributed by atoms with Gasteiger partial charge in [0, 0.05) is 12.5 Å². The molecule has 2 rings (SSSR count). The van der Waals surface area contributed by atoms with Crippen molar-refractivity contribution in [3.63, 3.8) is 0 Å². The van der Waals surface area contributed by atoms with Gasteiger partial charge in [0.15, 0.2) is 0 Å². The molecule has 1 aromatic carbocycles. The molecule has 1 N–H and O–H groups in total. The van der Waals surface area contributed by atoms with Crippen molar-refractivity contribution in [1.29, 1.82) is 0 Å². The van der Waals surface area contributed by atoms with Gasteiger partial charge in [0.1, 0.15) is 0 Å². The molecule has 0 bridgehead atoms. The molecule has 1 aromatic rings. The first-order chi connectivity index (χ1) is 7.79. The van der Waals surface area contributed by atoms with Crippen LogP contribution in [0.3, 0.4) is 0 Å². The van der Waals surface area contributed by atoms with Gasteiger partial charge in [0.05, 0.1) is 5.92 Å². The standard InChI is InChI=1S/C14H15NO/c1-2-6-12-10-13(15-14(12)16)9-11-7-4-3-5-8-11/h1,3-5,7-8,12-13H,6,9-10H2,(H,15,16)/t12?,13-/m0/s1. The third kappa shape index (κ3) is 2.43. The second-order valence-corrected chi connectivity index (χ2v) is 4.24. The molecule has 82 valence electrons. The SMILES string of the molecule is C#CCC1C[C@H](Cc2ccccc2)NC1=O. The summed E-state index contributed by atoms with van der Waals surface area (Å²) < 4.78 is 0. The van der Waals surface area contributed by atoms with Gasteiger partial charge >= 0.3 is 0 Å². The number of hydrogen-bond donors (Lipinski definition) is 1. The summed E-state index contributed by atoms with van der Waals surface area (Å²) >= 11 is 0. The maximum atomic E-state index is 11.6. The van der Waals surface area contributed by atoms with E-state index in [-0.39, 0.29) is 17.9 Å². The number of rotatable bonds is 3. The lowest BCUT2D eigenvalue weighted by Gasteiger charge is -2.09. The predicted octanol–water partition coefficient (Wildman–Crippen LogP) is 1.76. The van der Waals surface area contributed by atoms with Crippen molar-refractivity contribution >= 4 is 5.91 Å².